The van der Waals surface area contributed by atoms with E-state index in [4.69, 9.17) is 4.74 Å². The minimum Gasteiger partial charge on any atom is -0.457 e. The normalized spacial score (nSPS) is 12.9. The molecule has 2 aromatic carbocycles. The number of urea groups is 1. The molecule has 1 aliphatic rings. The molecule has 2 amide bonds. The molecule has 5 rings (SSSR count). The fourth-order valence-electron chi connectivity index (χ4n) is 3.32. The number of carbonyl (C=O) groups excluding carboxylic acids is 1. The lowest BCUT2D eigenvalue weighted by atomic mass is 10.1. The molecule has 28 heavy (non-hydrogen) atoms. The number of para-hydroxylation sites is 1. The first-order valence-electron chi connectivity index (χ1n) is 8.63. The Labute approximate surface area is 164 Å². The average molecular weight is 391 g/mol. The van der Waals surface area contributed by atoms with Crippen molar-refractivity contribution in [3.8, 4) is 11.5 Å². The van der Waals surface area contributed by atoms with Crippen LogP contribution in [0.5, 0.6) is 11.5 Å². The van der Waals surface area contributed by atoms with Crippen molar-refractivity contribution in [2.75, 3.05) is 10.2 Å². The van der Waals surface area contributed by atoms with Gasteiger partial charge in [-0.05, 0) is 37.3 Å². The first-order valence-corrected chi connectivity index (χ1v) is 9.45. The number of halogens is 1. The highest BCUT2D eigenvalue weighted by Crippen LogP contribution is 2.45. The molecule has 5 nitrogen and oxygen atoms in total. The summed E-state index contributed by atoms with van der Waals surface area (Å²) in [4.78, 5) is 20.3. The lowest BCUT2D eigenvalue weighted by Gasteiger charge is -2.28. The molecule has 0 saturated heterocycles. The van der Waals surface area contributed by atoms with Gasteiger partial charge in [-0.15, -0.1) is 11.3 Å². The molecule has 2 aromatic heterocycles. The Balaban J connectivity index is 1.57. The number of amides is 2. The Morgan fingerprint density at radius 3 is 2.68 bits per heavy atom. The maximum absolute atomic E-state index is 15.0. The summed E-state index contributed by atoms with van der Waals surface area (Å²) in [6, 6.07) is 14.9. The highest BCUT2D eigenvalue weighted by Gasteiger charge is 2.31. The Hall–Kier alpha value is -3.45. The number of aromatic nitrogens is 1. The second-order valence-electron chi connectivity index (χ2n) is 6.34. The van der Waals surface area contributed by atoms with Gasteiger partial charge in [0.1, 0.15) is 16.3 Å². The number of rotatable bonds is 3. The zero-order valence-corrected chi connectivity index (χ0v) is 15.6. The fraction of sp³-hybridized carbons (Fsp3) is 0.0476. The van der Waals surface area contributed by atoms with E-state index in [-0.39, 0.29) is 5.69 Å². The van der Waals surface area contributed by atoms with Crippen LogP contribution in [-0.2, 0) is 0 Å². The summed E-state index contributed by atoms with van der Waals surface area (Å²) >= 11 is 1.50. The summed E-state index contributed by atoms with van der Waals surface area (Å²) in [6.07, 6.45) is 1.63. The third kappa shape index (κ3) is 2.59. The van der Waals surface area contributed by atoms with Gasteiger partial charge in [-0.2, -0.15) is 0 Å². The van der Waals surface area contributed by atoms with Crippen LogP contribution in [0.3, 0.4) is 0 Å². The number of nitrogens with zero attached hydrogens (tertiary/aromatic N) is 2. The molecule has 0 aliphatic carbocycles. The van der Waals surface area contributed by atoms with Crippen molar-refractivity contribution in [1.82, 2.24) is 4.98 Å². The summed E-state index contributed by atoms with van der Waals surface area (Å²) in [5, 5.41) is 3.69. The third-order valence-electron chi connectivity index (χ3n) is 4.56. The Kier molecular flexibility index (Phi) is 3.77. The molecule has 4 aromatic rings. The van der Waals surface area contributed by atoms with Crippen molar-refractivity contribution >= 4 is 44.6 Å². The fourth-order valence-corrected chi connectivity index (χ4v) is 4.29. The number of ether oxygens (including phenoxy) is 1. The first-order chi connectivity index (χ1) is 13.6. The van der Waals surface area contributed by atoms with Gasteiger partial charge in [-0.25, -0.2) is 14.2 Å². The van der Waals surface area contributed by atoms with Crippen LogP contribution in [0.1, 0.15) is 4.88 Å². The minimum absolute atomic E-state index is 0.153. The molecule has 0 bridgehead atoms. The van der Waals surface area contributed by atoms with E-state index in [0.29, 0.717) is 17.2 Å². The second kappa shape index (κ2) is 6.31. The van der Waals surface area contributed by atoms with E-state index in [0.717, 1.165) is 20.8 Å². The van der Waals surface area contributed by atoms with Gasteiger partial charge >= 0.3 is 6.03 Å². The largest absolute Gasteiger partial charge is 0.457 e. The van der Waals surface area contributed by atoms with Crippen LogP contribution in [0, 0.1) is 12.7 Å². The van der Waals surface area contributed by atoms with Crippen molar-refractivity contribution < 1.29 is 13.9 Å². The van der Waals surface area contributed by atoms with Gasteiger partial charge in [0.25, 0.3) is 0 Å². The summed E-state index contributed by atoms with van der Waals surface area (Å²) in [5.74, 6) is 0.417. The first kappa shape index (κ1) is 16.7. The van der Waals surface area contributed by atoms with Gasteiger partial charge in [0, 0.05) is 17.1 Å². The van der Waals surface area contributed by atoms with Gasteiger partial charge in [-0.3, -0.25) is 4.90 Å². The maximum atomic E-state index is 15.0. The molecule has 0 spiro atoms. The predicted molar refractivity (Wildman–Crippen MR) is 108 cm³/mol. The lowest BCUT2D eigenvalue weighted by Crippen LogP contribution is -2.34. The van der Waals surface area contributed by atoms with E-state index in [1.54, 1.807) is 36.5 Å². The zero-order valence-electron chi connectivity index (χ0n) is 14.8. The summed E-state index contributed by atoms with van der Waals surface area (Å²) in [7, 11) is 0. The van der Waals surface area contributed by atoms with Crippen molar-refractivity contribution in [3.63, 3.8) is 0 Å². The number of hydrogen-bond acceptors (Lipinski definition) is 4. The van der Waals surface area contributed by atoms with Crippen LogP contribution < -0.4 is 15.0 Å². The van der Waals surface area contributed by atoms with Crippen molar-refractivity contribution in [1.29, 1.82) is 0 Å². The van der Waals surface area contributed by atoms with Gasteiger partial charge in [-0.1, -0.05) is 18.2 Å². The number of hydrogen-bond donors (Lipinski definition) is 1. The third-order valence-corrected chi connectivity index (χ3v) is 5.57. The quantitative estimate of drug-likeness (QED) is 0.451. The number of aryl methyl sites for hydroxylation is 1. The van der Waals surface area contributed by atoms with Gasteiger partial charge in [0.15, 0.2) is 5.82 Å². The summed E-state index contributed by atoms with van der Waals surface area (Å²) in [6.45, 7) is 1.93. The molecule has 0 radical (unpaired) electrons. The number of benzene rings is 2. The number of thiophene rings is 1. The van der Waals surface area contributed by atoms with Crippen LogP contribution in [0.15, 0.2) is 60.8 Å². The van der Waals surface area contributed by atoms with Crippen LogP contribution in [0.4, 0.5) is 26.2 Å². The van der Waals surface area contributed by atoms with Crippen molar-refractivity contribution in [2.45, 2.75) is 6.92 Å². The molecule has 138 valence electrons. The van der Waals surface area contributed by atoms with Crippen LogP contribution in [-0.4, -0.2) is 11.0 Å². The minimum atomic E-state index is -0.552. The predicted octanol–water partition coefficient (Wildman–Crippen LogP) is 6.22. The summed E-state index contributed by atoms with van der Waals surface area (Å²) in [5.41, 5.74) is 1.51. The number of anilines is 3. The lowest BCUT2D eigenvalue weighted by molar-refractivity contribution is 0.258. The monoisotopic (exact) mass is 391 g/mol. The number of pyridine rings is 1. The second-order valence-corrected chi connectivity index (χ2v) is 7.54. The van der Waals surface area contributed by atoms with E-state index < -0.39 is 11.8 Å². The highest BCUT2D eigenvalue weighted by molar-refractivity contribution is 7.19. The molecular weight excluding hydrogens is 377 g/mol. The van der Waals surface area contributed by atoms with E-state index in [1.165, 1.54) is 22.3 Å². The Morgan fingerprint density at radius 2 is 1.89 bits per heavy atom. The highest BCUT2D eigenvalue weighted by atomic mass is 32.1. The maximum Gasteiger partial charge on any atom is 0.331 e. The van der Waals surface area contributed by atoms with Crippen molar-refractivity contribution in [2.24, 2.45) is 0 Å². The average Bonchev–Trinajstić information content (AvgIpc) is 3.00. The molecule has 1 N–H and O–H groups in total. The molecule has 0 fully saturated rings. The Bertz CT molecular complexity index is 1220. The van der Waals surface area contributed by atoms with Crippen molar-refractivity contribution in [3.05, 3.63) is 71.5 Å². The van der Waals surface area contributed by atoms with E-state index in [2.05, 4.69) is 10.3 Å². The molecule has 3 heterocycles. The molecule has 7 heteroatoms. The number of carbonyl (C=O) groups is 1. The number of nitrogens with one attached hydrogen (secondary N) is 1. The smallest absolute Gasteiger partial charge is 0.331 e. The SMILES string of the molecule is Cc1sc2nccc3c2c1NC(=O)N3c1ccc(Oc2ccccc2)cc1F. The molecule has 0 atom stereocenters. The molecular formula is C21H14FN3O2S. The zero-order chi connectivity index (χ0) is 19.3. The molecule has 0 unspecified atom stereocenters. The Morgan fingerprint density at radius 1 is 1.07 bits per heavy atom. The van der Waals surface area contributed by atoms with Gasteiger partial charge in [0.2, 0.25) is 0 Å². The summed E-state index contributed by atoms with van der Waals surface area (Å²) < 4.78 is 20.6. The van der Waals surface area contributed by atoms with Crippen LogP contribution in [0.2, 0.25) is 0 Å². The van der Waals surface area contributed by atoms with Gasteiger partial charge < -0.3 is 10.1 Å². The molecule has 0 saturated carbocycles. The topological polar surface area (TPSA) is 54.5 Å². The van der Waals surface area contributed by atoms with E-state index in [9.17, 15) is 9.18 Å². The van der Waals surface area contributed by atoms with Crippen LogP contribution >= 0.6 is 11.3 Å². The standard InChI is InChI=1S/C21H14FN3O2S/c1-12-19-18-17(9-10-23-20(18)28-12)25(21(26)24-19)16-8-7-14(11-15(16)22)27-13-5-3-2-4-6-13/h2-11H,1H3,(H,24,26). The van der Waals surface area contributed by atoms with E-state index >= 15 is 0 Å². The van der Waals surface area contributed by atoms with E-state index in [1.807, 2.05) is 25.1 Å². The van der Waals surface area contributed by atoms with Gasteiger partial charge in [0.05, 0.1) is 22.4 Å². The molecule has 1 aliphatic heterocycles. The van der Waals surface area contributed by atoms with Crippen LogP contribution in [0.25, 0.3) is 10.2 Å².